The van der Waals surface area contributed by atoms with Gasteiger partial charge in [0.15, 0.2) is 5.69 Å². The molecule has 13 heteroatoms. The molecular weight excluding hydrogens is 656 g/mol. The van der Waals surface area contributed by atoms with Gasteiger partial charge in [-0.05, 0) is 63.5 Å². The number of fused-ring (bicyclic) bond motifs is 3. The molecule has 3 fully saturated rings. The minimum Gasteiger partial charge on any atom is -0.488 e. The van der Waals surface area contributed by atoms with Gasteiger partial charge < -0.3 is 34.5 Å². The van der Waals surface area contributed by atoms with Crippen LogP contribution in [0.4, 0.5) is 4.79 Å². The average Bonchev–Trinajstić information content (AvgIpc) is 3.41. The van der Waals surface area contributed by atoms with Crippen LogP contribution in [-0.2, 0) is 28.6 Å². The van der Waals surface area contributed by atoms with Crippen LogP contribution in [-0.4, -0.2) is 90.3 Å². The number of amides is 3. The Balaban J connectivity index is 1.33. The molecule has 1 aromatic heterocycles. The molecule has 5 atom stereocenters. The normalized spacial score (nSPS) is 27.4. The van der Waals surface area contributed by atoms with Gasteiger partial charge in [0.05, 0.1) is 31.8 Å². The first-order valence-electron chi connectivity index (χ1n) is 17.7. The van der Waals surface area contributed by atoms with E-state index in [-0.39, 0.29) is 36.4 Å². The monoisotopic (exact) mass is 700 g/mol. The number of hydrogen-bond donors (Lipinski definition) is 2. The van der Waals surface area contributed by atoms with Crippen LogP contribution < -0.4 is 15.4 Å². The summed E-state index contributed by atoms with van der Waals surface area (Å²) in [6.07, 6.45) is 15.5. The SMILES string of the molecule is C#Cc1cccc2c(O[C@@H]3CC4C(=O)N[C@]5(C(=O)OC)CC5/C=C\CCCCC[C@H](NC(=O)OC5CCCC5)C(=O)N4C3)cc(C(=O)OC)nc12. The van der Waals surface area contributed by atoms with Crippen molar-refractivity contribution in [2.45, 2.75) is 100 Å². The molecule has 270 valence electrons. The van der Waals surface area contributed by atoms with E-state index in [0.717, 1.165) is 44.9 Å². The molecule has 3 heterocycles. The van der Waals surface area contributed by atoms with Gasteiger partial charge in [-0.15, -0.1) is 6.42 Å². The zero-order chi connectivity index (χ0) is 36.1. The quantitative estimate of drug-likeness (QED) is 0.195. The number of nitrogens with one attached hydrogen (secondary N) is 2. The van der Waals surface area contributed by atoms with Crippen LogP contribution in [0.3, 0.4) is 0 Å². The number of benzene rings is 1. The molecule has 2 saturated carbocycles. The van der Waals surface area contributed by atoms with E-state index in [9.17, 15) is 24.0 Å². The minimum absolute atomic E-state index is 0.0203. The third kappa shape index (κ3) is 7.65. The summed E-state index contributed by atoms with van der Waals surface area (Å²) in [5, 5.41) is 6.26. The Hall–Kier alpha value is -5.12. The number of rotatable bonds is 6. The number of carbonyl (C=O) groups is 5. The molecule has 2 aromatic rings. The molecular formula is C38H44N4O9. The summed E-state index contributed by atoms with van der Waals surface area (Å²) in [5.41, 5.74) is -0.475. The van der Waals surface area contributed by atoms with Gasteiger partial charge in [0.25, 0.3) is 0 Å². The number of esters is 2. The number of alkyl carbamates (subject to hydrolysis) is 1. The summed E-state index contributed by atoms with van der Waals surface area (Å²) >= 11 is 0. The lowest BCUT2D eigenvalue weighted by atomic mass is 10.0. The summed E-state index contributed by atoms with van der Waals surface area (Å²) in [4.78, 5) is 73.2. The van der Waals surface area contributed by atoms with E-state index in [1.165, 1.54) is 25.2 Å². The largest absolute Gasteiger partial charge is 0.488 e. The van der Waals surface area contributed by atoms with Gasteiger partial charge in [-0.3, -0.25) is 9.59 Å². The van der Waals surface area contributed by atoms with Crippen LogP contribution >= 0.6 is 0 Å². The van der Waals surface area contributed by atoms with Gasteiger partial charge in [-0.2, -0.15) is 0 Å². The van der Waals surface area contributed by atoms with Crippen molar-refractivity contribution in [2.75, 3.05) is 20.8 Å². The molecule has 2 N–H and O–H groups in total. The third-order valence-electron chi connectivity index (χ3n) is 10.3. The predicted molar refractivity (Wildman–Crippen MR) is 184 cm³/mol. The maximum absolute atomic E-state index is 14.4. The topological polar surface area (TPSA) is 162 Å². The standard InChI is InChI=1S/C38H44N4O9/c1-4-23-13-12-17-27-31(20-29(35(45)48-2)39-32(23)27)50-26-19-30-33(43)41-38(36(46)49-3)21-24(38)14-8-6-5-7-9-18-28(34(44)42(30)22-26)40-37(47)51-25-15-10-11-16-25/h1,8,12-14,17,20,24-26,28,30H,5-7,9-11,15-16,18-19,21-22H2,2-3H3,(H,40,47)(H,41,43)/b14-8-/t24?,26-,28+,30?,38-/m1/s1. The van der Waals surface area contributed by atoms with Crippen LogP contribution in [0.1, 0.15) is 86.7 Å². The number of ether oxygens (including phenoxy) is 4. The van der Waals surface area contributed by atoms with Crippen molar-refractivity contribution in [3.8, 4) is 18.1 Å². The van der Waals surface area contributed by atoms with Crippen LogP contribution in [0.15, 0.2) is 36.4 Å². The predicted octanol–water partition coefficient (Wildman–Crippen LogP) is 3.96. The fourth-order valence-corrected chi connectivity index (χ4v) is 7.47. The van der Waals surface area contributed by atoms with Crippen molar-refractivity contribution in [1.29, 1.82) is 0 Å². The summed E-state index contributed by atoms with van der Waals surface area (Å²) in [6.45, 7) is -0.0203. The molecule has 0 bridgehead atoms. The number of para-hydroxylation sites is 1. The Kier molecular flexibility index (Phi) is 10.8. The third-order valence-corrected chi connectivity index (χ3v) is 10.3. The van der Waals surface area contributed by atoms with Crippen molar-refractivity contribution >= 4 is 40.7 Å². The van der Waals surface area contributed by atoms with Gasteiger partial charge >= 0.3 is 18.0 Å². The maximum Gasteiger partial charge on any atom is 0.408 e. The van der Waals surface area contributed by atoms with E-state index in [2.05, 4.69) is 21.5 Å². The highest BCUT2D eigenvalue weighted by molar-refractivity contribution is 5.97. The number of hydrogen-bond acceptors (Lipinski definition) is 10. The van der Waals surface area contributed by atoms with E-state index in [1.54, 1.807) is 18.2 Å². The van der Waals surface area contributed by atoms with Gasteiger partial charge in [0.2, 0.25) is 11.8 Å². The van der Waals surface area contributed by atoms with Gasteiger partial charge in [0, 0.05) is 23.8 Å². The second kappa shape index (κ2) is 15.4. The minimum atomic E-state index is -1.25. The van der Waals surface area contributed by atoms with Crippen molar-refractivity contribution in [3.05, 3.63) is 47.7 Å². The molecule has 1 aromatic carbocycles. The number of nitrogens with zero attached hydrogens (tertiary/aromatic N) is 2. The molecule has 0 radical (unpaired) electrons. The number of terminal acetylenes is 1. The maximum atomic E-state index is 14.4. The first-order chi connectivity index (χ1) is 24.7. The van der Waals surface area contributed by atoms with Gasteiger partial charge in [-0.1, -0.05) is 37.0 Å². The Morgan fingerprint density at radius 3 is 2.57 bits per heavy atom. The molecule has 1 saturated heterocycles. The first-order valence-corrected chi connectivity index (χ1v) is 17.7. The van der Waals surface area contributed by atoms with Crippen molar-refractivity contribution in [2.24, 2.45) is 5.92 Å². The summed E-state index contributed by atoms with van der Waals surface area (Å²) in [5.74, 6) is 0.354. The van der Waals surface area contributed by atoms with Crippen molar-refractivity contribution in [3.63, 3.8) is 0 Å². The number of aromatic nitrogens is 1. The van der Waals surface area contributed by atoms with Crippen LogP contribution in [0.25, 0.3) is 10.9 Å². The molecule has 6 rings (SSSR count). The fraction of sp³-hybridized carbons (Fsp3) is 0.526. The van der Waals surface area contributed by atoms with Crippen LogP contribution in [0.2, 0.25) is 0 Å². The van der Waals surface area contributed by atoms with E-state index in [0.29, 0.717) is 35.7 Å². The Morgan fingerprint density at radius 1 is 1.04 bits per heavy atom. The summed E-state index contributed by atoms with van der Waals surface area (Å²) in [7, 11) is 2.52. The van der Waals surface area contributed by atoms with Crippen molar-refractivity contribution < 1.29 is 42.9 Å². The number of allylic oxidation sites excluding steroid dienone is 1. The summed E-state index contributed by atoms with van der Waals surface area (Å²) in [6, 6.07) is 4.63. The molecule has 51 heavy (non-hydrogen) atoms. The zero-order valence-corrected chi connectivity index (χ0v) is 29.0. The van der Waals surface area contributed by atoms with Crippen LogP contribution in [0.5, 0.6) is 5.75 Å². The fourth-order valence-electron chi connectivity index (χ4n) is 7.47. The molecule has 4 aliphatic rings. The number of methoxy groups -OCH3 is 2. The second-order valence-electron chi connectivity index (χ2n) is 13.7. The molecule has 2 aliphatic carbocycles. The van der Waals surface area contributed by atoms with Gasteiger partial charge in [-0.25, -0.2) is 19.4 Å². The lowest BCUT2D eigenvalue weighted by molar-refractivity contribution is -0.148. The highest BCUT2D eigenvalue weighted by atomic mass is 16.6. The van der Waals surface area contributed by atoms with Gasteiger partial charge in [0.1, 0.15) is 35.6 Å². The highest BCUT2D eigenvalue weighted by Gasteiger charge is 2.62. The average molecular weight is 701 g/mol. The zero-order valence-electron chi connectivity index (χ0n) is 29.0. The lowest BCUT2D eigenvalue weighted by Gasteiger charge is -2.29. The lowest BCUT2D eigenvalue weighted by Crippen LogP contribution is -2.56. The highest BCUT2D eigenvalue weighted by Crippen LogP contribution is 2.46. The van der Waals surface area contributed by atoms with E-state index in [1.807, 2.05) is 12.2 Å². The van der Waals surface area contributed by atoms with Crippen molar-refractivity contribution in [1.82, 2.24) is 20.5 Å². The Bertz CT molecular complexity index is 1760. The molecule has 3 amide bonds. The Morgan fingerprint density at radius 2 is 1.82 bits per heavy atom. The first kappa shape index (κ1) is 35.7. The molecule has 2 aliphatic heterocycles. The molecule has 13 nitrogen and oxygen atoms in total. The van der Waals surface area contributed by atoms with Crippen LogP contribution in [0, 0.1) is 18.3 Å². The molecule has 0 spiro atoms. The Labute approximate surface area is 296 Å². The summed E-state index contributed by atoms with van der Waals surface area (Å²) < 4.78 is 22.2. The van der Waals surface area contributed by atoms with E-state index < -0.39 is 53.6 Å². The molecule has 2 unspecified atom stereocenters. The number of pyridine rings is 1. The smallest absolute Gasteiger partial charge is 0.408 e. The second-order valence-corrected chi connectivity index (χ2v) is 13.7. The van der Waals surface area contributed by atoms with E-state index in [4.69, 9.17) is 25.4 Å². The number of carbonyl (C=O) groups excluding carboxylic acids is 5. The van der Waals surface area contributed by atoms with E-state index >= 15 is 0 Å².